The van der Waals surface area contributed by atoms with Crippen LogP contribution < -0.4 is 0 Å². The number of cyclic esters (lactones) is 2. The van der Waals surface area contributed by atoms with Crippen molar-refractivity contribution in [3.05, 3.63) is 0 Å². The number of rotatable bonds is 0. The molecule has 0 bridgehead atoms. The van der Waals surface area contributed by atoms with E-state index < -0.39 is 6.29 Å². The van der Waals surface area contributed by atoms with Crippen LogP contribution in [0.3, 0.4) is 0 Å². The summed E-state index contributed by atoms with van der Waals surface area (Å²) in [6.07, 6.45) is 4.93. The Morgan fingerprint density at radius 3 is 1.73 bits per heavy atom. The molecule has 0 aromatic rings. The highest BCUT2D eigenvalue weighted by Gasteiger charge is 2.14. The first-order valence-corrected chi connectivity index (χ1v) is 5.57. The maximum absolute atomic E-state index is 11.2. The van der Waals surface area contributed by atoms with Gasteiger partial charge in [0.15, 0.2) is 0 Å². The van der Waals surface area contributed by atoms with Crippen molar-refractivity contribution in [2.45, 2.75) is 58.2 Å². The van der Waals surface area contributed by atoms with Gasteiger partial charge in [-0.25, -0.2) is 0 Å². The molecule has 0 aromatic carbocycles. The molecule has 0 spiro atoms. The minimum Gasteiger partial charge on any atom is -0.425 e. The van der Waals surface area contributed by atoms with Crippen molar-refractivity contribution in [3.63, 3.8) is 0 Å². The van der Waals surface area contributed by atoms with Gasteiger partial charge in [-0.2, -0.15) is 0 Å². The van der Waals surface area contributed by atoms with E-state index >= 15 is 0 Å². The molecule has 0 N–H and O–H groups in total. The molecule has 1 saturated heterocycles. The third-order valence-electron chi connectivity index (χ3n) is 2.36. The minimum atomic E-state index is -0.746. The Morgan fingerprint density at radius 1 is 0.867 bits per heavy atom. The molecule has 15 heavy (non-hydrogen) atoms. The molecule has 86 valence electrons. The van der Waals surface area contributed by atoms with Gasteiger partial charge in [-0.1, -0.05) is 19.3 Å². The second-order valence-electron chi connectivity index (χ2n) is 3.82. The molecule has 0 radical (unpaired) electrons. The maximum atomic E-state index is 11.2. The third kappa shape index (κ3) is 5.40. The van der Waals surface area contributed by atoms with E-state index in [0.29, 0.717) is 12.8 Å². The van der Waals surface area contributed by atoms with E-state index in [2.05, 4.69) is 0 Å². The summed E-state index contributed by atoms with van der Waals surface area (Å²) in [6, 6.07) is 0. The molecular formula is C11H18O4. The lowest BCUT2D eigenvalue weighted by atomic mass is 10.1. The van der Waals surface area contributed by atoms with Crippen molar-refractivity contribution in [1.29, 1.82) is 0 Å². The average molecular weight is 214 g/mol. The van der Waals surface area contributed by atoms with Crippen LogP contribution in [0.5, 0.6) is 0 Å². The normalized spacial score (nSPS) is 22.2. The lowest BCUT2D eigenvalue weighted by Gasteiger charge is -2.15. The Morgan fingerprint density at radius 2 is 1.27 bits per heavy atom. The zero-order valence-corrected chi connectivity index (χ0v) is 9.16. The van der Waals surface area contributed by atoms with E-state index in [0.717, 1.165) is 32.1 Å². The predicted molar refractivity (Wildman–Crippen MR) is 54.0 cm³/mol. The van der Waals surface area contributed by atoms with Crippen LogP contribution in [0, 0.1) is 0 Å². The summed E-state index contributed by atoms with van der Waals surface area (Å²) in [7, 11) is 0. The van der Waals surface area contributed by atoms with Gasteiger partial charge in [0.05, 0.1) is 0 Å². The summed E-state index contributed by atoms with van der Waals surface area (Å²) in [5.74, 6) is -0.563. The van der Waals surface area contributed by atoms with Gasteiger partial charge >= 0.3 is 11.9 Å². The molecular weight excluding hydrogens is 196 g/mol. The van der Waals surface area contributed by atoms with Crippen LogP contribution >= 0.6 is 0 Å². The van der Waals surface area contributed by atoms with Gasteiger partial charge in [0.2, 0.25) is 6.29 Å². The van der Waals surface area contributed by atoms with Gasteiger partial charge in [0, 0.05) is 19.8 Å². The Hall–Kier alpha value is -1.06. The van der Waals surface area contributed by atoms with Crippen LogP contribution in [-0.2, 0) is 19.1 Å². The first-order chi connectivity index (χ1) is 7.18. The Labute approximate surface area is 89.9 Å². The Bertz CT molecular complexity index is 203. The van der Waals surface area contributed by atoms with Crippen LogP contribution in [0.15, 0.2) is 0 Å². The van der Waals surface area contributed by atoms with Crippen molar-refractivity contribution in [1.82, 2.24) is 0 Å². The van der Waals surface area contributed by atoms with E-state index in [-0.39, 0.29) is 11.9 Å². The van der Waals surface area contributed by atoms with E-state index in [4.69, 9.17) is 9.47 Å². The summed E-state index contributed by atoms with van der Waals surface area (Å²) < 4.78 is 9.82. The van der Waals surface area contributed by atoms with E-state index in [1.54, 1.807) is 6.92 Å². The van der Waals surface area contributed by atoms with Gasteiger partial charge in [0.25, 0.3) is 0 Å². The van der Waals surface area contributed by atoms with Crippen molar-refractivity contribution in [2.24, 2.45) is 0 Å². The standard InChI is InChI=1S/C11H18O4/c1-9-14-10(12)7-5-3-2-4-6-8-11(13)15-9/h9H,2-8H2,1H3. The number of esters is 2. The number of ether oxygens (including phenoxy) is 2. The SMILES string of the molecule is CC1OC(=O)CCCCCCCC(=O)O1. The maximum Gasteiger partial charge on any atom is 0.308 e. The van der Waals surface area contributed by atoms with Crippen LogP contribution in [0.4, 0.5) is 0 Å². The van der Waals surface area contributed by atoms with Gasteiger partial charge in [-0.05, 0) is 12.8 Å². The van der Waals surface area contributed by atoms with E-state index in [9.17, 15) is 9.59 Å². The molecule has 0 aromatic heterocycles. The fourth-order valence-electron chi connectivity index (χ4n) is 1.58. The van der Waals surface area contributed by atoms with Crippen molar-refractivity contribution in [3.8, 4) is 0 Å². The highest BCUT2D eigenvalue weighted by atomic mass is 16.7. The van der Waals surface area contributed by atoms with Gasteiger partial charge in [-0.15, -0.1) is 0 Å². The first-order valence-electron chi connectivity index (χ1n) is 5.57. The van der Waals surface area contributed by atoms with E-state index in [1.165, 1.54) is 0 Å². The molecule has 1 aliphatic rings. The van der Waals surface area contributed by atoms with Crippen molar-refractivity contribution >= 4 is 11.9 Å². The minimum absolute atomic E-state index is 0.282. The first kappa shape index (κ1) is 12.0. The van der Waals surface area contributed by atoms with Crippen LogP contribution in [0.2, 0.25) is 0 Å². The third-order valence-corrected chi connectivity index (χ3v) is 2.36. The molecule has 0 amide bonds. The zero-order valence-electron chi connectivity index (χ0n) is 9.16. The highest BCUT2D eigenvalue weighted by Crippen LogP contribution is 2.11. The van der Waals surface area contributed by atoms with Gasteiger partial charge < -0.3 is 9.47 Å². The molecule has 0 unspecified atom stereocenters. The molecule has 0 atom stereocenters. The molecule has 1 aliphatic heterocycles. The Balaban J connectivity index is 2.40. The fourth-order valence-corrected chi connectivity index (χ4v) is 1.58. The number of hydrogen-bond donors (Lipinski definition) is 0. The van der Waals surface area contributed by atoms with Crippen molar-refractivity contribution in [2.75, 3.05) is 0 Å². The second kappa shape index (κ2) is 6.43. The summed E-state index contributed by atoms with van der Waals surface area (Å²) in [5.41, 5.74) is 0. The second-order valence-corrected chi connectivity index (χ2v) is 3.82. The molecule has 4 nitrogen and oxygen atoms in total. The van der Waals surface area contributed by atoms with Crippen LogP contribution in [0.1, 0.15) is 51.9 Å². The summed E-state index contributed by atoms with van der Waals surface area (Å²) >= 11 is 0. The molecule has 1 rings (SSSR count). The predicted octanol–water partition coefficient (Wildman–Crippen LogP) is 2.16. The smallest absolute Gasteiger partial charge is 0.308 e. The number of carbonyl (C=O) groups excluding carboxylic acids is 2. The summed E-state index contributed by atoms with van der Waals surface area (Å²) in [5, 5.41) is 0. The van der Waals surface area contributed by atoms with Crippen LogP contribution in [-0.4, -0.2) is 18.2 Å². The molecule has 4 heteroatoms. The summed E-state index contributed by atoms with van der Waals surface area (Å²) in [4.78, 5) is 22.4. The molecule has 1 heterocycles. The zero-order chi connectivity index (χ0) is 11.1. The highest BCUT2D eigenvalue weighted by molar-refractivity contribution is 5.71. The topological polar surface area (TPSA) is 52.6 Å². The monoisotopic (exact) mass is 214 g/mol. The fraction of sp³-hybridized carbons (Fsp3) is 0.818. The summed E-state index contributed by atoms with van der Waals surface area (Å²) in [6.45, 7) is 1.57. The van der Waals surface area contributed by atoms with E-state index in [1.807, 2.05) is 0 Å². The Kier molecular flexibility index (Phi) is 5.15. The van der Waals surface area contributed by atoms with Gasteiger partial charge in [0.1, 0.15) is 0 Å². The number of carbonyl (C=O) groups is 2. The molecule has 0 aliphatic carbocycles. The lowest BCUT2D eigenvalue weighted by Crippen LogP contribution is -2.21. The number of hydrogen-bond acceptors (Lipinski definition) is 4. The largest absolute Gasteiger partial charge is 0.425 e. The molecule has 0 saturated carbocycles. The quantitative estimate of drug-likeness (QED) is 0.580. The van der Waals surface area contributed by atoms with Crippen LogP contribution in [0.25, 0.3) is 0 Å². The lowest BCUT2D eigenvalue weighted by molar-refractivity contribution is -0.184. The van der Waals surface area contributed by atoms with Crippen molar-refractivity contribution < 1.29 is 19.1 Å². The van der Waals surface area contributed by atoms with Gasteiger partial charge in [-0.3, -0.25) is 9.59 Å². The molecule has 1 fully saturated rings. The average Bonchev–Trinajstić information content (AvgIpc) is 2.14.